The number of anilines is 1. The zero-order chi connectivity index (χ0) is 24.2. The van der Waals surface area contributed by atoms with Crippen LogP contribution in [0, 0.1) is 11.6 Å². The molecule has 1 aliphatic rings. The number of benzene rings is 1. The number of aromatic nitrogens is 2. The Bertz CT molecular complexity index is 1080. The second-order valence-electron chi connectivity index (χ2n) is 8.00. The van der Waals surface area contributed by atoms with Crippen LogP contribution in [0.2, 0.25) is 0 Å². The van der Waals surface area contributed by atoms with Crippen molar-refractivity contribution in [1.82, 2.24) is 9.97 Å². The first kappa shape index (κ1) is 24.6. The van der Waals surface area contributed by atoms with Gasteiger partial charge in [0.15, 0.2) is 16.8 Å². The van der Waals surface area contributed by atoms with Crippen LogP contribution >= 0.6 is 11.8 Å². The maximum absolute atomic E-state index is 14.9. The van der Waals surface area contributed by atoms with Crippen LogP contribution < -0.4 is 15.8 Å². The molecular weight excluding hydrogens is 452 g/mol. The molecule has 2 atom stereocenters. The summed E-state index contributed by atoms with van der Waals surface area (Å²) < 4.78 is 39.5. The number of rotatable bonds is 8. The minimum atomic E-state index is -1.17. The molecule has 1 amide bonds. The molecule has 0 fully saturated rings. The van der Waals surface area contributed by atoms with Gasteiger partial charge in [0.25, 0.3) is 5.91 Å². The number of ether oxygens (including phenoxy) is 2. The molecule has 2 aromatic rings. The highest BCUT2D eigenvalue weighted by molar-refractivity contribution is 8.15. The maximum Gasteiger partial charge on any atom is 0.275 e. The fraction of sp³-hybridized carbons (Fsp3) is 0.364. The van der Waals surface area contributed by atoms with E-state index in [2.05, 4.69) is 26.9 Å². The average molecular weight is 478 g/mol. The quantitative estimate of drug-likeness (QED) is 0.558. The number of thioether (sulfide) groups is 1. The van der Waals surface area contributed by atoms with Gasteiger partial charge in [-0.2, -0.15) is 0 Å². The summed E-state index contributed by atoms with van der Waals surface area (Å²) in [5.74, 6) is -2.60. The van der Waals surface area contributed by atoms with Crippen LogP contribution in [0.4, 0.5) is 14.5 Å². The predicted molar refractivity (Wildman–Crippen MR) is 123 cm³/mol. The molecule has 1 aliphatic heterocycles. The lowest BCUT2D eigenvalue weighted by atomic mass is 9.83. The first-order valence-electron chi connectivity index (χ1n) is 9.99. The lowest BCUT2D eigenvalue weighted by Gasteiger charge is -2.41. The van der Waals surface area contributed by atoms with Gasteiger partial charge in [-0.3, -0.25) is 9.79 Å². The van der Waals surface area contributed by atoms with Crippen LogP contribution in [0.5, 0.6) is 5.88 Å². The third-order valence-corrected chi connectivity index (χ3v) is 6.01. The van der Waals surface area contributed by atoms with Crippen LogP contribution in [0.3, 0.4) is 0 Å². The van der Waals surface area contributed by atoms with E-state index in [0.29, 0.717) is 13.0 Å². The number of aliphatic imine (C=N–C) groups is 1. The SMILES string of the molecule is C=CCOc1cnc(C(=O)Nc2cc(F)c(F)c([C@]3(C)C[C@](C)(COC)SC(N)=N3)c2)cn1. The monoisotopic (exact) mass is 477 g/mol. The van der Waals surface area contributed by atoms with E-state index < -0.39 is 27.8 Å². The van der Waals surface area contributed by atoms with E-state index in [9.17, 15) is 13.6 Å². The van der Waals surface area contributed by atoms with E-state index in [1.807, 2.05) is 6.92 Å². The van der Waals surface area contributed by atoms with Crippen molar-refractivity contribution in [2.24, 2.45) is 10.7 Å². The number of hydrogen-bond donors (Lipinski definition) is 2. The Labute approximate surface area is 194 Å². The molecule has 0 saturated heterocycles. The van der Waals surface area contributed by atoms with Crippen molar-refractivity contribution in [1.29, 1.82) is 0 Å². The topological polar surface area (TPSA) is 112 Å². The molecule has 0 saturated carbocycles. The van der Waals surface area contributed by atoms with E-state index in [0.717, 1.165) is 6.07 Å². The van der Waals surface area contributed by atoms with Crippen molar-refractivity contribution in [3.05, 3.63) is 60.1 Å². The Morgan fingerprint density at radius 1 is 1.33 bits per heavy atom. The number of halogens is 2. The molecule has 1 aromatic heterocycles. The highest BCUT2D eigenvalue weighted by Crippen LogP contribution is 2.46. The number of nitrogens with one attached hydrogen (secondary N) is 1. The molecule has 0 unspecified atom stereocenters. The second kappa shape index (κ2) is 9.84. The molecular formula is C22H25F2N5O3S. The minimum Gasteiger partial charge on any atom is -0.472 e. The van der Waals surface area contributed by atoms with Crippen molar-refractivity contribution in [3.63, 3.8) is 0 Å². The zero-order valence-corrected chi connectivity index (χ0v) is 19.3. The average Bonchev–Trinajstić information content (AvgIpc) is 2.74. The minimum absolute atomic E-state index is 0.0253. The van der Waals surface area contributed by atoms with Gasteiger partial charge >= 0.3 is 0 Å². The van der Waals surface area contributed by atoms with Gasteiger partial charge < -0.3 is 20.5 Å². The van der Waals surface area contributed by atoms with Crippen molar-refractivity contribution >= 4 is 28.5 Å². The molecule has 0 aliphatic carbocycles. The number of methoxy groups -OCH3 is 1. The summed E-state index contributed by atoms with van der Waals surface area (Å²) in [5.41, 5.74) is 4.85. The first-order valence-corrected chi connectivity index (χ1v) is 10.8. The number of carbonyl (C=O) groups excluding carboxylic acids is 1. The molecule has 2 heterocycles. The summed E-state index contributed by atoms with van der Waals surface area (Å²) in [7, 11) is 1.56. The Hall–Kier alpha value is -3.05. The van der Waals surface area contributed by atoms with Crippen molar-refractivity contribution in [3.8, 4) is 5.88 Å². The molecule has 0 spiro atoms. The highest BCUT2D eigenvalue weighted by Gasteiger charge is 2.44. The van der Waals surface area contributed by atoms with E-state index >= 15 is 0 Å². The standard InChI is InChI=1S/C22H25F2N5O3S/c1-5-6-32-17-10-26-16(9-27-17)19(30)28-13-7-14(18(24)15(23)8-13)22(3)11-21(2,12-31-4)33-20(25)29-22/h5,7-10H,1,6,11-12H2,2-4H3,(H2,25,29)(H,28,30)/t21-,22+/m1/s1. The lowest BCUT2D eigenvalue weighted by molar-refractivity contribution is 0.102. The molecule has 11 heteroatoms. The van der Waals surface area contributed by atoms with E-state index in [1.54, 1.807) is 20.1 Å². The maximum atomic E-state index is 14.9. The highest BCUT2D eigenvalue weighted by atomic mass is 32.2. The Morgan fingerprint density at radius 3 is 2.73 bits per heavy atom. The summed E-state index contributed by atoms with van der Waals surface area (Å²) >= 11 is 1.32. The van der Waals surface area contributed by atoms with Gasteiger partial charge in [0.2, 0.25) is 5.88 Å². The van der Waals surface area contributed by atoms with Gasteiger partial charge in [0.1, 0.15) is 12.3 Å². The van der Waals surface area contributed by atoms with Crippen molar-refractivity contribution in [2.75, 3.05) is 25.6 Å². The third kappa shape index (κ3) is 5.66. The molecule has 33 heavy (non-hydrogen) atoms. The molecule has 8 nitrogen and oxygen atoms in total. The number of carbonyl (C=O) groups is 1. The number of amidine groups is 1. The molecule has 0 radical (unpaired) electrons. The van der Waals surface area contributed by atoms with Gasteiger partial charge in [-0.15, -0.1) is 0 Å². The van der Waals surface area contributed by atoms with Gasteiger partial charge in [0.05, 0.1) is 24.5 Å². The summed E-state index contributed by atoms with van der Waals surface area (Å²) in [4.78, 5) is 25.0. The summed E-state index contributed by atoms with van der Waals surface area (Å²) in [5, 5.41) is 2.77. The Kier molecular flexibility index (Phi) is 7.33. The Morgan fingerprint density at radius 2 is 2.09 bits per heavy atom. The smallest absolute Gasteiger partial charge is 0.275 e. The number of nitrogens with zero attached hydrogens (tertiary/aromatic N) is 3. The third-order valence-electron chi connectivity index (χ3n) is 4.95. The predicted octanol–water partition coefficient (Wildman–Crippen LogP) is 3.64. The summed E-state index contributed by atoms with van der Waals surface area (Å²) in [6.45, 7) is 7.71. The molecule has 3 N–H and O–H groups in total. The van der Waals surface area contributed by atoms with Crippen LogP contribution in [-0.4, -0.2) is 46.1 Å². The van der Waals surface area contributed by atoms with Crippen LogP contribution in [0.15, 0.2) is 42.2 Å². The summed E-state index contributed by atoms with van der Waals surface area (Å²) in [6, 6.07) is 2.25. The zero-order valence-electron chi connectivity index (χ0n) is 18.5. The van der Waals surface area contributed by atoms with Gasteiger partial charge in [-0.05, 0) is 26.3 Å². The van der Waals surface area contributed by atoms with E-state index in [-0.39, 0.29) is 34.6 Å². The second-order valence-corrected chi connectivity index (χ2v) is 9.61. The first-order chi connectivity index (χ1) is 15.6. The summed E-state index contributed by atoms with van der Waals surface area (Å²) in [6.07, 6.45) is 4.38. The van der Waals surface area contributed by atoms with Crippen molar-refractivity contribution < 1.29 is 23.0 Å². The normalized spacial score (nSPS) is 22.4. The van der Waals surface area contributed by atoms with Crippen LogP contribution in [0.25, 0.3) is 0 Å². The fourth-order valence-electron chi connectivity index (χ4n) is 3.76. The van der Waals surface area contributed by atoms with E-state index in [1.165, 1.54) is 30.2 Å². The molecule has 0 bridgehead atoms. The van der Waals surface area contributed by atoms with Crippen molar-refractivity contribution in [2.45, 2.75) is 30.6 Å². The van der Waals surface area contributed by atoms with Gasteiger partial charge in [-0.1, -0.05) is 24.4 Å². The number of hydrogen-bond acceptors (Lipinski definition) is 8. The lowest BCUT2D eigenvalue weighted by Crippen LogP contribution is -2.43. The van der Waals surface area contributed by atoms with Crippen LogP contribution in [-0.2, 0) is 10.3 Å². The Balaban J connectivity index is 1.89. The molecule has 3 rings (SSSR count). The van der Waals surface area contributed by atoms with Gasteiger partial charge in [0, 0.05) is 29.2 Å². The largest absolute Gasteiger partial charge is 0.472 e. The molecule has 1 aromatic carbocycles. The van der Waals surface area contributed by atoms with Gasteiger partial charge in [-0.25, -0.2) is 18.7 Å². The van der Waals surface area contributed by atoms with Crippen LogP contribution in [0.1, 0.15) is 36.3 Å². The molecule has 176 valence electrons. The fourth-order valence-corrected chi connectivity index (χ4v) is 5.05. The number of amides is 1. The van der Waals surface area contributed by atoms with E-state index in [4.69, 9.17) is 15.2 Å². The number of nitrogens with two attached hydrogens (primary N) is 1.